The van der Waals surface area contributed by atoms with Crippen LogP contribution in [0.25, 0.3) is 0 Å². The summed E-state index contributed by atoms with van der Waals surface area (Å²) in [7, 11) is 1.54. The number of nitrogens with one attached hydrogen (secondary N) is 1. The van der Waals surface area contributed by atoms with Crippen molar-refractivity contribution >= 4 is 23.8 Å². The zero-order valence-electron chi connectivity index (χ0n) is 20.4. The van der Waals surface area contributed by atoms with Crippen LogP contribution in [0, 0.1) is 10.1 Å². The van der Waals surface area contributed by atoms with Gasteiger partial charge in [0.25, 0.3) is 11.6 Å². The van der Waals surface area contributed by atoms with Gasteiger partial charge in [-0.2, -0.15) is 5.10 Å². The van der Waals surface area contributed by atoms with Crippen molar-refractivity contribution in [1.82, 2.24) is 5.43 Å². The molecule has 0 aliphatic rings. The molecule has 3 rings (SSSR count). The molecule has 0 saturated carbocycles. The minimum Gasteiger partial charge on any atom is -0.497 e. The van der Waals surface area contributed by atoms with E-state index < -0.39 is 22.9 Å². The van der Waals surface area contributed by atoms with Crippen molar-refractivity contribution in [2.24, 2.45) is 5.10 Å². The van der Waals surface area contributed by atoms with E-state index in [1.54, 1.807) is 49.4 Å². The Morgan fingerprint density at radius 2 is 1.70 bits per heavy atom. The average Bonchev–Trinajstić information content (AvgIpc) is 2.90. The average molecular weight is 507 g/mol. The number of rotatable bonds is 11. The first-order valence-electron chi connectivity index (χ1n) is 11.2. The molecule has 37 heavy (non-hydrogen) atoms. The van der Waals surface area contributed by atoms with E-state index in [-0.39, 0.29) is 11.4 Å². The molecular weight excluding hydrogens is 482 g/mol. The lowest BCUT2D eigenvalue weighted by Gasteiger charge is -2.13. The van der Waals surface area contributed by atoms with Gasteiger partial charge in [0, 0.05) is 12.1 Å². The highest BCUT2D eigenvalue weighted by atomic mass is 16.6. The van der Waals surface area contributed by atoms with Gasteiger partial charge < -0.3 is 18.9 Å². The van der Waals surface area contributed by atoms with E-state index in [4.69, 9.17) is 18.9 Å². The van der Waals surface area contributed by atoms with Crippen LogP contribution in [0.2, 0.25) is 0 Å². The van der Waals surface area contributed by atoms with E-state index in [9.17, 15) is 19.7 Å². The molecule has 0 fully saturated rings. The first kappa shape index (κ1) is 26.7. The van der Waals surface area contributed by atoms with Crippen LogP contribution in [0.15, 0.2) is 71.8 Å². The van der Waals surface area contributed by atoms with Gasteiger partial charge in [0.1, 0.15) is 11.5 Å². The van der Waals surface area contributed by atoms with Crippen molar-refractivity contribution < 1.29 is 33.5 Å². The van der Waals surface area contributed by atoms with E-state index >= 15 is 0 Å². The zero-order valence-corrected chi connectivity index (χ0v) is 20.4. The molecular formula is C26H25N3O8. The predicted octanol–water partition coefficient (Wildman–Crippen LogP) is 4.14. The Morgan fingerprint density at radius 1 is 1.03 bits per heavy atom. The second-order valence-corrected chi connectivity index (χ2v) is 7.50. The maximum atomic E-state index is 12.5. The molecule has 1 amide bonds. The number of ether oxygens (including phenoxy) is 4. The second kappa shape index (κ2) is 12.7. The van der Waals surface area contributed by atoms with Crippen molar-refractivity contribution in [3.8, 4) is 23.0 Å². The summed E-state index contributed by atoms with van der Waals surface area (Å²) >= 11 is 0. The van der Waals surface area contributed by atoms with Crippen LogP contribution in [-0.4, -0.2) is 42.8 Å². The van der Waals surface area contributed by atoms with Gasteiger partial charge in [0.05, 0.1) is 30.4 Å². The molecule has 0 aromatic heterocycles. The Kier molecular flexibility index (Phi) is 9.14. The molecule has 0 bridgehead atoms. The third-order valence-corrected chi connectivity index (χ3v) is 4.91. The number of amides is 1. The Balaban J connectivity index is 1.60. The zero-order chi connectivity index (χ0) is 26.8. The number of hydrazone groups is 1. The molecule has 192 valence electrons. The van der Waals surface area contributed by atoms with Gasteiger partial charge >= 0.3 is 5.97 Å². The van der Waals surface area contributed by atoms with E-state index in [0.717, 1.165) is 0 Å². The molecule has 3 aromatic carbocycles. The second-order valence-electron chi connectivity index (χ2n) is 7.50. The van der Waals surface area contributed by atoms with Gasteiger partial charge in [-0.25, -0.2) is 10.2 Å². The Morgan fingerprint density at radius 3 is 2.32 bits per heavy atom. The number of nitro benzene ring substituents is 1. The third kappa shape index (κ3) is 7.52. The van der Waals surface area contributed by atoms with E-state index in [1.165, 1.54) is 44.5 Å². The fraction of sp³-hybridized carbons (Fsp3) is 0.192. The van der Waals surface area contributed by atoms with Crippen molar-refractivity contribution in [1.29, 1.82) is 0 Å². The lowest BCUT2D eigenvalue weighted by molar-refractivity contribution is -0.384. The number of nitro groups is 1. The van der Waals surface area contributed by atoms with Crippen LogP contribution < -0.4 is 24.4 Å². The molecule has 0 unspecified atom stereocenters. The van der Waals surface area contributed by atoms with E-state index in [1.807, 2.05) is 0 Å². The van der Waals surface area contributed by atoms with Crippen molar-refractivity contribution in [3.63, 3.8) is 0 Å². The quantitative estimate of drug-likeness (QED) is 0.134. The minimum absolute atomic E-state index is 0.0815. The Labute approximate surface area is 212 Å². The topological polar surface area (TPSA) is 139 Å². The lowest BCUT2D eigenvalue weighted by Crippen LogP contribution is -2.33. The van der Waals surface area contributed by atoms with E-state index in [2.05, 4.69) is 10.5 Å². The summed E-state index contributed by atoms with van der Waals surface area (Å²) in [4.78, 5) is 35.0. The maximum absolute atomic E-state index is 12.5. The number of non-ortho nitro benzene ring substituents is 1. The standard InChI is InChI=1S/C26H25N3O8/c1-4-35-24-15-18(5-14-23(24)37-26(31)19-6-10-21(34-3)11-7-19)16-27-28-25(30)17(2)36-22-12-8-20(9-13-22)29(32)33/h5-17H,4H2,1-3H3,(H,28,30)/b27-16-/t17-/m1/s1. The van der Waals surface area contributed by atoms with Gasteiger partial charge in [-0.3, -0.25) is 14.9 Å². The molecule has 0 heterocycles. The summed E-state index contributed by atoms with van der Waals surface area (Å²) in [6.45, 7) is 3.65. The monoisotopic (exact) mass is 507 g/mol. The van der Waals surface area contributed by atoms with Crippen molar-refractivity contribution in [2.75, 3.05) is 13.7 Å². The highest BCUT2D eigenvalue weighted by Crippen LogP contribution is 2.29. The van der Waals surface area contributed by atoms with Crippen LogP contribution in [0.5, 0.6) is 23.0 Å². The van der Waals surface area contributed by atoms with E-state index in [0.29, 0.717) is 35.0 Å². The maximum Gasteiger partial charge on any atom is 0.343 e. The number of nitrogens with zero attached hydrogens (tertiary/aromatic N) is 2. The third-order valence-electron chi connectivity index (χ3n) is 4.91. The number of methoxy groups -OCH3 is 1. The molecule has 3 aromatic rings. The SMILES string of the molecule is CCOc1cc(/C=N\NC(=O)[C@@H](C)Oc2ccc([N+](=O)[O-])cc2)ccc1OC(=O)c1ccc(OC)cc1. The molecule has 0 spiro atoms. The largest absolute Gasteiger partial charge is 0.497 e. The predicted molar refractivity (Wildman–Crippen MR) is 134 cm³/mol. The first-order chi connectivity index (χ1) is 17.8. The molecule has 0 radical (unpaired) electrons. The number of carbonyl (C=O) groups excluding carboxylic acids is 2. The van der Waals surface area contributed by atoms with Crippen LogP contribution in [-0.2, 0) is 4.79 Å². The fourth-order valence-electron chi connectivity index (χ4n) is 3.01. The summed E-state index contributed by atoms with van der Waals surface area (Å²) in [5.74, 6) is 0.403. The summed E-state index contributed by atoms with van der Waals surface area (Å²) in [5.41, 5.74) is 3.22. The molecule has 1 atom stereocenters. The number of hydrogen-bond donors (Lipinski definition) is 1. The molecule has 0 aliphatic heterocycles. The normalized spacial score (nSPS) is 11.4. The number of carbonyl (C=O) groups is 2. The summed E-state index contributed by atoms with van der Waals surface area (Å²) < 4.78 is 21.7. The fourth-order valence-corrected chi connectivity index (χ4v) is 3.01. The van der Waals surface area contributed by atoms with Crippen LogP contribution in [0.4, 0.5) is 5.69 Å². The summed E-state index contributed by atoms with van der Waals surface area (Å²) in [6.07, 6.45) is 0.492. The lowest BCUT2D eigenvalue weighted by atomic mass is 10.2. The van der Waals surface area contributed by atoms with Crippen LogP contribution >= 0.6 is 0 Å². The van der Waals surface area contributed by atoms with Gasteiger partial charge in [-0.15, -0.1) is 0 Å². The van der Waals surface area contributed by atoms with Crippen LogP contribution in [0.3, 0.4) is 0 Å². The van der Waals surface area contributed by atoms with Gasteiger partial charge in [0.2, 0.25) is 0 Å². The summed E-state index contributed by atoms with van der Waals surface area (Å²) in [6, 6.07) is 16.7. The molecule has 1 N–H and O–H groups in total. The van der Waals surface area contributed by atoms with Gasteiger partial charge in [-0.05, 0) is 74.0 Å². The highest BCUT2D eigenvalue weighted by Gasteiger charge is 2.16. The number of benzene rings is 3. The van der Waals surface area contributed by atoms with Crippen molar-refractivity contribution in [2.45, 2.75) is 20.0 Å². The highest BCUT2D eigenvalue weighted by molar-refractivity contribution is 5.92. The minimum atomic E-state index is -0.905. The van der Waals surface area contributed by atoms with Gasteiger partial charge in [0.15, 0.2) is 17.6 Å². The number of esters is 1. The molecule has 11 nitrogen and oxygen atoms in total. The molecule has 11 heteroatoms. The molecule has 0 aliphatic carbocycles. The summed E-state index contributed by atoms with van der Waals surface area (Å²) in [5, 5.41) is 14.7. The Bertz CT molecular complexity index is 1270. The van der Waals surface area contributed by atoms with Gasteiger partial charge in [-0.1, -0.05) is 0 Å². The first-order valence-corrected chi connectivity index (χ1v) is 11.2. The Hall–Kier alpha value is -4.93. The smallest absolute Gasteiger partial charge is 0.343 e. The number of hydrogen-bond acceptors (Lipinski definition) is 9. The van der Waals surface area contributed by atoms with Crippen molar-refractivity contribution in [3.05, 3.63) is 88.0 Å². The molecule has 0 saturated heterocycles. The van der Waals surface area contributed by atoms with Crippen LogP contribution in [0.1, 0.15) is 29.8 Å².